The summed E-state index contributed by atoms with van der Waals surface area (Å²) < 4.78 is 0. The molecule has 0 aliphatic heterocycles. The maximum absolute atomic E-state index is 7.57. The van der Waals surface area contributed by atoms with E-state index in [4.69, 9.17) is 5.53 Å². The first-order valence-electron chi connectivity index (χ1n) is 1.25. The van der Waals surface area contributed by atoms with Crippen LogP contribution >= 0.6 is 0 Å². The molecule has 3 heteroatoms. The molecule has 0 aromatic rings. The van der Waals surface area contributed by atoms with Gasteiger partial charge in [0, 0.05) is 0 Å². The summed E-state index contributed by atoms with van der Waals surface area (Å²) in [6.45, 7) is 1.65. The van der Waals surface area contributed by atoms with E-state index in [0.29, 0.717) is 0 Å². The smallest absolute Gasteiger partial charge is 0.710 e. The molecule has 0 N–H and O–H groups in total. The Morgan fingerprint density at radius 2 is 2.33 bits per heavy atom. The Bertz CT molecular complexity index is 50.8. The maximum atomic E-state index is 7.57. The Morgan fingerprint density at radius 1 is 1.83 bits per heavy atom. The van der Waals surface area contributed by atoms with Crippen molar-refractivity contribution in [1.82, 2.24) is 0 Å². The second kappa shape index (κ2) is 8.90. The SMILES string of the molecule is C[C-]=CN=[N-].[W+2]. The number of hydrogen-bond acceptors (Lipinski definition) is 1. The van der Waals surface area contributed by atoms with Gasteiger partial charge in [0.15, 0.2) is 0 Å². The maximum Gasteiger partial charge on any atom is 2.00 e. The fraction of sp³-hybridized carbons (Fsp3) is 0.333. The Labute approximate surface area is 51.4 Å². The van der Waals surface area contributed by atoms with Crippen molar-refractivity contribution >= 4 is 0 Å². The summed E-state index contributed by atoms with van der Waals surface area (Å²) in [6, 6.07) is 0. The summed E-state index contributed by atoms with van der Waals surface area (Å²) >= 11 is 0. The summed E-state index contributed by atoms with van der Waals surface area (Å²) in [5, 5.41) is 2.62. The van der Waals surface area contributed by atoms with E-state index in [1.54, 1.807) is 6.92 Å². The van der Waals surface area contributed by atoms with Gasteiger partial charge in [-0.05, 0) is 0 Å². The van der Waals surface area contributed by atoms with Gasteiger partial charge in [0.25, 0.3) is 0 Å². The Hall–Kier alpha value is 0.0283. The van der Waals surface area contributed by atoms with Crippen LogP contribution in [0.3, 0.4) is 0 Å². The third-order valence-corrected chi connectivity index (χ3v) is 0.187. The molecule has 2 nitrogen and oxygen atoms in total. The number of nitrogens with zero attached hydrogens (tertiary/aromatic N) is 2. The second-order valence-corrected chi connectivity index (χ2v) is 0.533. The van der Waals surface area contributed by atoms with E-state index in [0.717, 1.165) is 0 Å². The third-order valence-electron chi connectivity index (χ3n) is 0.187. The van der Waals surface area contributed by atoms with Crippen LogP contribution in [0.25, 0.3) is 5.53 Å². The largest absolute Gasteiger partial charge is 2.00 e. The third kappa shape index (κ3) is 8.98. The zero-order valence-electron chi connectivity index (χ0n) is 3.38. The molecule has 0 fully saturated rings. The van der Waals surface area contributed by atoms with Gasteiger partial charge in [-0.1, -0.05) is 0 Å². The molecule has 0 rings (SSSR count). The quantitative estimate of drug-likeness (QED) is 0.498. The summed E-state index contributed by atoms with van der Waals surface area (Å²) in [4.78, 5) is 0. The van der Waals surface area contributed by atoms with Crippen LogP contribution in [-0.2, 0) is 21.1 Å². The molecule has 0 saturated carbocycles. The molecular formula is C3H4N2W. The van der Waals surface area contributed by atoms with E-state index in [1.807, 2.05) is 0 Å². The first-order chi connectivity index (χ1) is 2.41. The van der Waals surface area contributed by atoms with Crippen LogP contribution in [0.5, 0.6) is 0 Å². The molecule has 0 saturated heterocycles. The van der Waals surface area contributed by atoms with Crippen LogP contribution in [0.4, 0.5) is 0 Å². The summed E-state index contributed by atoms with van der Waals surface area (Å²) in [5.41, 5.74) is 7.57. The topological polar surface area (TPSA) is 34.7 Å². The first kappa shape index (κ1) is 9.39. The van der Waals surface area contributed by atoms with Crippen LogP contribution in [-0.4, -0.2) is 0 Å². The number of allylic oxidation sites excluding steroid dienone is 1. The van der Waals surface area contributed by atoms with Gasteiger partial charge in [0.05, 0.1) is 0 Å². The molecule has 0 radical (unpaired) electrons. The van der Waals surface area contributed by atoms with Crippen molar-refractivity contribution in [3.8, 4) is 0 Å². The normalized spacial score (nSPS) is 7.50. The van der Waals surface area contributed by atoms with Gasteiger partial charge in [0.1, 0.15) is 0 Å². The van der Waals surface area contributed by atoms with Gasteiger partial charge in [-0.15, -0.1) is 0 Å². The molecule has 0 aliphatic rings. The van der Waals surface area contributed by atoms with Crippen LogP contribution in [0.15, 0.2) is 11.3 Å². The van der Waals surface area contributed by atoms with Crippen molar-refractivity contribution in [2.75, 3.05) is 0 Å². The molecule has 0 atom stereocenters. The van der Waals surface area contributed by atoms with E-state index in [1.165, 1.54) is 6.20 Å². The summed E-state index contributed by atoms with van der Waals surface area (Å²) in [7, 11) is 0. The average molecular weight is 252 g/mol. The van der Waals surface area contributed by atoms with Gasteiger partial charge in [-0.25, -0.2) is 0 Å². The molecule has 0 aromatic heterocycles. The minimum absolute atomic E-state index is 0. The van der Waals surface area contributed by atoms with Crippen molar-refractivity contribution in [3.05, 3.63) is 17.8 Å². The van der Waals surface area contributed by atoms with Gasteiger partial charge >= 0.3 is 21.1 Å². The zero-order chi connectivity index (χ0) is 4.12. The van der Waals surface area contributed by atoms with Crippen molar-refractivity contribution in [1.29, 1.82) is 0 Å². The molecule has 0 unspecified atom stereocenters. The zero-order valence-corrected chi connectivity index (χ0v) is 6.31. The molecule has 0 spiro atoms. The molecule has 6 heavy (non-hydrogen) atoms. The Kier molecular flexibility index (Phi) is 13.9. The molecule has 0 aromatic carbocycles. The van der Waals surface area contributed by atoms with Crippen LogP contribution in [0.1, 0.15) is 6.92 Å². The van der Waals surface area contributed by atoms with Crippen LogP contribution in [0, 0.1) is 6.08 Å². The number of rotatable bonds is 1. The van der Waals surface area contributed by atoms with E-state index < -0.39 is 0 Å². The van der Waals surface area contributed by atoms with Gasteiger partial charge in [-0.3, -0.25) is 0 Å². The molecule has 0 aliphatic carbocycles. The predicted molar refractivity (Wildman–Crippen MR) is 19.3 cm³/mol. The minimum Gasteiger partial charge on any atom is -0.710 e. The second-order valence-electron chi connectivity index (χ2n) is 0.533. The molecular weight excluding hydrogens is 248 g/mol. The van der Waals surface area contributed by atoms with Crippen LogP contribution in [0.2, 0.25) is 0 Å². The van der Waals surface area contributed by atoms with E-state index in [9.17, 15) is 0 Å². The summed E-state index contributed by atoms with van der Waals surface area (Å²) in [6.07, 6.45) is 3.66. The first-order valence-corrected chi connectivity index (χ1v) is 1.25. The summed E-state index contributed by atoms with van der Waals surface area (Å²) in [5.74, 6) is 0. The minimum atomic E-state index is 0. The van der Waals surface area contributed by atoms with Crippen molar-refractivity contribution < 1.29 is 21.1 Å². The van der Waals surface area contributed by atoms with E-state index in [-0.39, 0.29) is 21.1 Å². The van der Waals surface area contributed by atoms with Gasteiger partial charge in [0.2, 0.25) is 0 Å². The fourth-order valence-electron chi connectivity index (χ4n) is 0.0577. The monoisotopic (exact) mass is 252 g/mol. The Balaban J connectivity index is 0. The molecule has 0 heterocycles. The van der Waals surface area contributed by atoms with Crippen LogP contribution < -0.4 is 0 Å². The van der Waals surface area contributed by atoms with Crippen molar-refractivity contribution in [3.63, 3.8) is 0 Å². The fourth-order valence-corrected chi connectivity index (χ4v) is 0.0577. The van der Waals surface area contributed by atoms with Crippen molar-refractivity contribution in [2.24, 2.45) is 5.11 Å². The van der Waals surface area contributed by atoms with E-state index >= 15 is 0 Å². The van der Waals surface area contributed by atoms with Gasteiger partial charge < -0.3 is 16.7 Å². The standard InChI is InChI=1S/C3H4N2.W/c1-2-3-5-4;/h3H,1H3;/q-2;+2. The predicted octanol–water partition coefficient (Wildman–Crippen LogP) is 1.34. The van der Waals surface area contributed by atoms with Gasteiger partial charge in [-0.2, -0.15) is 13.1 Å². The molecule has 0 bridgehead atoms. The molecule has 0 amide bonds. The average Bonchev–Trinajstić information content (AvgIpc) is 1.41. The molecule has 32 valence electrons. The van der Waals surface area contributed by atoms with Crippen molar-refractivity contribution in [2.45, 2.75) is 6.92 Å². The number of hydrogen-bond donors (Lipinski definition) is 0. The van der Waals surface area contributed by atoms with E-state index in [2.05, 4.69) is 11.2 Å². The Morgan fingerprint density at radius 3 is 2.33 bits per heavy atom.